The van der Waals surface area contributed by atoms with Crippen molar-refractivity contribution < 1.29 is 10.0 Å². The molecule has 1 unspecified atom stereocenters. The smallest absolute Gasteiger partial charge is 0.288 e. The molecule has 2 rings (SSSR count). The minimum atomic E-state index is -0.515. The number of fused-ring (bicyclic) bond motifs is 1. The molecule has 2 aliphatic rings. The van der Waals surface area contributed by atoms with E-state index in [0.29, 0.717) is 18.2 Å². The van der Waals surface area contributed by atoms with Crippen molar-refractivity contribution in [2.75, 3.05) is 12.3 Å². The van der Waals surface area contributed by atoms with Crippen LogP contribution >= 0.6 is 11.8 Å². The lowest BCUT2D eigenvalue weighted by molar-refractivity contribution is -0.122. The largest absolute Gasteiger partial charge is 0.292 e. The second-order valence-corrected chi connectivity index (χ2v) is 4.22. The summed E-state index contributed by atoms with van der Waals surface area (Å²) in [6.07, 6.45) is 2.92. The number of amides is 1. The Labute approximate surface area is 80.1 Å². The maximum atomic E-state index is 11.0. The highest BCUT2D eigenvalue weighted by molar-refractivity contribution is 8.03. The maximum absolute atomic E-state index is 11.0. The van der Waals surface area contributed by atoms with Crippen LogP contribution in [0, 0.1) is 5.92 Å². The molecule has 1 saturated heterocycles. The quantitative estimate of drug-likeness (QED) is 0.478. The van der Waals surface area contributed by atoms with Gasteiger partial charge in [-0.25, -0.2) is 5.48 Å². The first kappa shape index (κ1) is 8.77. The number of dihydropyridines is 1. The number of nitrogens with one attached hydrogen (secondary N) is 1. The average Bonchev–Trinajstić information content (AvgIpc) is 2.63. The molecule has 0 bridgehead atoms. The second-order valence-electron chi connectivity index (χ2n) is 3.05. The minimum absolute atomic E-state index is 0.336. The van der Waals surface area contributed by atoms with Crippen molar-refractivity contribution in [2.24, 2.45) is 10.9 Å². The van der Waals surface area contributed by atoms with Crippen molar-refractivity contribution in [1.29, 1.82) is 0 Å². The molecule has 70 valence electrons. The van der Waals surface area contributed by atoms with Crippen LogP contribution in [0.15, 0.2) is 16.0 Å². The van der Waals surface area contributed by atoms with Gasteiger partial charge in [-0.05, 0) is 23.2 Å². The minimum Gasteiger partial charge on any atom is -0.288 e. The van der Waals surface area contributed by atoms with Gasteiger partial charge in [0.25, 0.3) is 5.91 Å². The van der Waals surface area contributed by atoms with Crippen LogP contribution in [0.5, 0.6) is 0 Å². The summed E-state index contributed by atoms with van der Waals surface area (Å²) in [5, 5.41) is 8.41. The van der Waals surface area contributed by atoms with Gasteiger partial charge in [-0.15, -0.1) is 11.8 Å². The van der Waals surface area contributed by atoms with Gasteiger partial charge in [-0.1, -0.05) is 0 Å². The lowest BCUT2D eigenvalue weighted by Gasteiger charge is -2.13. The second kappa shape index (κ2) is 3.51. The van der Waals surface area contributed by atoms with Crippen molar-refractivity contribution in [3.8, 4) is 0 Å². The van der Waals surface area contributed by atoms with E-state index in [-0.39, 0.29) is 0 Å². The van der Waals surface area contributed by atoms with E-state index in [2.05, 4.69) is 4.99 Å². The van der Waals surface area contributed by atoms with Crippen molar-refractivity contribution in [2.45, 2.75) is 6.42 Å². The number of hydrogen-bond acceptors (Lipinski definition) is 4. The van der Waals surface area contributed by atoms with E-state index in [0.717, 1.165) is 12.2 Å². The van der Waals surface area contributed by atoms with Crippen molar-refractivity contribution in [3.63, 3.8) is 0 Å². The number of nitrogens with zero attached hydrogens (tertiary/aromatic N) is 1. The monoisotopic (exact) mass is 198 g/mol. The van der Waals surface area contributed by atoms with Crippen LogP contribution < -0.4 is 5.48 Å². The Balaban J connectivity index is 2.16. The summed E-state index contributed by atoms with van der Waals surface area (Å²) in [4.78, 5) is 16.3. The Morgan fingerprint density at radius 3 is 3.38 bits per heavy atom. The highest BCUT2D eigenvalue weighted by Crippen LogP contribution is 2.37. The summed E-state index contributed by atoms with van der Waals surface area (Å²) in [5.41, 5.74) is 1.93. The molecular formula is C8H10N2O2S. The summed E-state index contributed by atoms with van der Waals surface area (Å²) in [5.74, 6) is 1.11. The third-order valence-corrected chi connectivity index (χ3v) is 3.46. The van der Waals surface area contributed by atoms with Crippen LogP contribution in [0.4, 0.5) is 0 Å². The molecule has 0 saturated carbocycles. The van der Waals surface area contributed by atoms with Crippen LogP contribution in [0.25, 0.3) is 0 Å². The van der Waals surface area contributed by atoms with Crippen molar-refractivity contribution in [3.05, 3.63) is 11.0 Å². The third-order valence-electron chi connectivity index (χ3n) is 2.23. The number of thioether (sulfide) groups is 1. The molecule has 5 heteroatoms. The lowest BCUT2D eigenvalue weighted by Crippen LogP contribution is -2.29. The topological polar surface area (TPSA) is 61.7 Å². The molecule has 4 nitrogen and oxygen atoms in total. The molecule has 1 amide bonds. The fourth-order valence-corrected chi connectivity index (χ4v) is 2.76. The van der Waals surface area contributed by atoms with E-state index in [1.54, 1.807) is 23.3 Å². The summed E-state index contributed by atoms with van der Waals surface area (Å²) in [7, 11) is 0. The summed E-state index contributed by atoms with van der Waals surface area (Å²) in [6.45, 7) is 0.682. The zero-order valence-electron chi connectivity index (χ0n) is 6.99. The molecule has 1 atom stereocenters. The Hall–Kier alpha value is -0.810. The molecule has 0 radical (unpaired) electrons. The van der Waals surface area contributed by atoms with E-state index in [1.165, 1.54) is 4.91 Å². The number of hydroxylamine groups is 1. The first-order chi connectivity index (χ1) is 6.31. The number of aliphatic imine (C=N–C) groups is 1. The van der Waals surface area contributed by atoms with E-state index >= 15 is 0 Å². The Morgan fingerprint density at radius 1 is 1.77 bits per heavy atom. The highest BCUT2D eigenvalue weighted by atomic mass is 32.2. The van der Waals surface area contributed by atoms with E-state index < -0.39 is 5.91 Å². The molecule has 0 aromatic carbocycles. The average molecular weight is 198 g/mol. The molecule has 0 aliphatic carbocycles. The summed E-state index contributed by atoms with van der Waals surface area (Å²) in [6, 6.07) is 0. The van der Waals surface area contributed by atoms with Gasteiger partial charge in [-0.2, -0.15) is 0 Å². The normalized spacial score (nSPS) is 26.1. The van der Waals surface area contributed by atoms with Gasteiger partial charge in [0.1, 0.15) is 5.71 Å². The molecule has 2 heterocycles. The molecule has 2 aliphatic heterocycles. The molecule has 0 aromatic heterocycles. The van der Waals surface area contributed by atoms with Gasteiger partial charge < -0.3 is 0 Å². The number of carbonyl (C=O) groups is 1. The molecule has 13 heavy (non-hydrogen) atoms. The Kier molecular flexibility index (Phi) is 2.37. The van der Waals surface area contributed by atoms with Gasteiger partial charge in [0, 0.05) is 12.5 Å². The lowest BCUT2D eigenvalue weighted by atomic mass is 10.0. The van der Waals surface area contributed by atoms with Crippen LogP contribution in [-0.4, -0.2) is 29.1 Å². The number of hydrogen-bond donors (Lipinski definition) is 2. The predicted molar refractivity (Wildman–Crippen MR) is 50.9 cm³/mol. The summed E-state index contributed by atoms with van der Waals surface area (Å²) < 4.78 is 0. The number of rotatable bonds is 1. The van der Waals surface area contributed by atoms with Crippen LogP contribution in [0.2, 0.25) is 0 Å². The third kappa shape index (κ3) is 1.62. The fourth-order valence-electron chi connectivity index (χ4n) is 1.50. The van der Waals surface area contributed by atoms with Gasteiger partial charge in [0.15, 0.2) is 0 Å². The van der Waals surface area contributed by atoms with Gasteiger partial charge in [0.05, 0.1) is 0 Å². The fraction of sp³-hybridized carbons (Fsp3) is 0.500. The standard InChI is InChI=1S/C8H10N2O2S/c11-8(10-12)6-3-7-5(4-9-6)1-2-13-7/h3,5,12H,1-2,4H2,(H,10,11). The molecule has 1 fully saturated rings. The number of carbonyl (C=O) groups excluding carboxylic acids is 1. The van der Waals surface area contributed by atoms with Crippen molar-refractivity contribution in [1.82, 2.24) is 5.48 Å². The van der Waals surface area contributed by atoms with Gasteiger partial charge in [-0.3, -0.25) is 15.0 Å². The van der Waals surface area contributed by atoms with Crippen LogP contribution in [0.3, 0.4) is 0 Å². The van der Waals surface area contributed by atoms with E-state index in [9.17, 15) is 4.79 Å². The summed E-state index contributed by atoms with van der Waals surface area (Å²) >= 11 is 1.78. The highest BCUT2D eigenvalue weighted by Gasteiger charge is 2.26. The molecule has 2 N–H and O–H groups in total. The molecule has 0 spiro atoms. The zero-order valence-corrected chi connectivity index (χ0v) is 7.80. The maximum Gasteiger partial charge on any atom is 0.292 e. The van der Waals surface area contributed by atoms with Gasteiger partial charge in [0.2, 0.25) is 0 Å². The SMILES string of the molecule is O=C(NO)C1=NCC2CCSC2=C1. The Bertz CT molecular complexity index is 299. The van der Waals surface area contributed by atoms with E-state index in [1.807, 2.05) is 0 Å². The molecular weight excluding hydrogens is 188 g/mol. The van der Waals surface area contributed by atoms with Crippen LogP contribution in [-0.2, 0) is 4.79 Å². The molecule has 0 aromatic rings. The van der Waals surface area contributed by atoms with E-state index in [4.69, 9.17) is 5.21 Å². The Morgan fingerprint density at radius 2 is 2.62 bits per heavy atom. The van der Waals surface area contributed by atoms with Crippen LogP contribution in [0.1, 0.15) is 6.42 Å². The van der Waals surface area contributed by atoms with Crippen molar-refractivity contribution >= 4 is 23.4 Å². The van der Waals surface area contributed by atoms with Gasteiger partial charge >= 0.3 is 0 Å². The predicted octanol–water partition coefficient (Wildman–Crippen LogP) is 0.583. The first-order valence-electron chi connectivity index (χ1n) is 4.14. The zero-order chi connectivity index (χ0) is 9.26. The first-order valence-corrected chi connectivity index (χ1v) is 5.13.